The third-order valence-electron chi connectivity index (χ3n) is 4.88. The number of hydrogen-bond donors (Lipinski definition) is 0. The first-order chi connectivity index (χ1) is 13.6. The van der Waals surface area contributed by atoms with E-state index in [1.54, 1.807) is 23.1 Å². The molecule has 1 aliphatic rings. The van der Waals surface area contributed by atoms with Crippen LogP contribution in [0.25, 0.3) is 0 Å². The lowest BCUT2D eigenvalue weighted by Gasteiger charge is -2.44. The topological polar surface area (TPSA) is 96.6 Å². The first-order valence-electron chi connectivity index (χ1n) is 9.45. The van der Waals surface area contributed by atoms with Crippen LogP contribution in [0.4, 0.5) is 4.39 Å². The molecule has 2 heterocycles. The van der Waals surface area contributed by atoms with Gasteiger partial charge in [0.15, 0.2) is 5.82 Å². The second-order valence-electron chi connectivity index (χ2n) is 7.55. The highest BCUT2D eigenvalue weighted by atomic mass is 32.2. The van der Waals surface area contributed by atoms with Gasteiger partial charge >= 0.3 is 0 Å². The monoisotopic (exact) mass is 424 g/mol. The van der Waals surface area contributed by atoms with E-state index in [-0.39, 0.29) is 43.9 Å². The summed E-state index contributed by atoms with van der Waals surface area (Å²) in [4.78, 5) is 18.2. The number of aromatic nitrogens is 2. The molecule has 1 saturated heterocycles. The lowest BCUT2D eigenvalue weighted by atomic mass is 10.1. The van der Waals surface area contributed by atoms with Crippen LogP contribution in [0, 0.1) is 5.82 Å². The third kappa shape index (κ3) is 5.18. The minimum absolute atomic E-state index is 0.0426. The first kappa shape index (κ1) is 21.4. The van der Waals surface area contributed by atoms with Gasteiger partial charge < -0.3 is 9.42 Å². The molecular formula is C19H25FN4O4S. The van der Waals surface area contributed by atoms with Crippen molar-refractivity contribution in [3.05, 3.63) is 47.4 Å². The molecule has 1 fully saturated rings. The Balaban J connectivity index is 1.57. The molecule has 0 saturated carbocycles. The number of carbonyl (C=O) groups is 1. The zero-order valence-corrected chi connectivity index (χ0v) is 17.5. The van der Waals surface area contributed by atoms with Crippen LogP contribution in [0.5, 0.6) is 0 Å². The fourth-order valence-electron chi connectivity index (χ4n) is 3.19. The molecule has 0 spiro atoms. The molecule has 29 heavy (non-hydrogen) atoms. The Morgan fingerprint density at radius 1 is 1.34 bits per heavy atom. The number of halogens is 1. The molecule has 3 rings (SSSR count). The summed E-state index contributed by atoms with van der Waals surface area (Å²) < 4.78 is 44.7. The van der Waals surface area contributed by atoms with Gasteiger partial charge in [-0.3, -0.25) is 4.79 Å². The predicted octanol–water partition coefficient (Wildman–Crippen LogP) is 1.59. The maximum Gasteiger partial charge on any atom is 0.229 e. The quantitative estimate of drug-likeness (QED) is 0.639. The Kier molecular flexibility index (Phi) is 6.33. The molecule has 0 N–H and O–H groups in total. The lowest BCUT2D eigenvalue weighted by Crippen LogP contribution is -2.62. The number of rotatable bonds is 8. The van der Waals surface area contributed by atoms with Gasteiger partial charge in [-0.2, -0.15) is 9.29 Å². The maximum absolute atomic E-state index is 13.7. The molecule has 0 unspecified atom stereocenters. The Hall–Kier alpha value is -2.33. The number of nitrogens with zero attached hydrogens (tertiary/aromatic N) is 4. The van der Waals surface area contributed by atoms with E-state index in [0.717, 1.165) is 6.26 Å². The average molecular weight is 424 g/mol. The Bertz CT molecular complexity index is 970. The third-order valence-corrected chi connectivity index (χ3v) is 6.21. The molecule has 1 aromatic carbocycles. The van der Waals surface area contributed by atoms with Gasteiger partial charge in [0.1, 0.15) is 5.82 Å². The van der Waals surface area contributed by atoms with Crippen LogP contribution in [0.15, 0.2) is 28.8 Å². The summed E-state index contributed by atoms with van der Waals surface area (Å²) in [7, 11) is -3.47. The molecular weight excluding hydrogens is 399 g/mol. The highest BCUT2D eigenvalue weighted by Gasteiger charge is 2.38. The van der Waals surface area contributed by atoms with Gasteiger partial charge in [-0.25, -0.2) is 12.8 Å². The van der Waals surface area contributed by atoms with E-state index in [9.17, 15) is 17.6 Å². The summed E-state index contributed by atoms with van der Waals surface area (Å²) >= 11 is 0. The van der Waals surface area contributed by atoms with Crippen molar-refractivity contribution in [2.75, 3.05) is 25.9 Å². The van der Waals surface area contributed by atoms with Gasteiger partial charge in [0.05, 0.1) is 18.7 Å². The smallest absolute Gasteiger partial charge is 0.229 e. The van der Waals surface area contributed by atoms with Gasteiger partial charge in [-0.05, 0) is 11.6 Å². The van der Waals surface area contributed by atoms with E-state index in [4.69, 9.17) is 4.52 Å². The van der Waals surface area contributed by atoms with Crippen molar-refractivity contribution in [3.63, 3.8) is 0 Å². The number of benzene rings is 1. The van der Waals surface area contributed by atoms with Crippen LogP contribution in [-0.4, -0.2) is 65.6 Å². The Labute approximate surface area is 169 Å². The van der Waals surface area contributed by atoms with Crippen molar-refractivity contribution in [2.45, 2.75) is 38.6 Å². The molecule has 1 aromatic heterocycles. The minimum Gasteiger partial charge on any atom is -0.339 e. The summed E-state index contributed by atoms with van der Waals surface area (Å²) in [5.41, 5.74) is 0.332. The molecule has 1 amide bonds. The van der Waals surface area contributed by atoms with Crippen molar-refractivity contribution in [1.29, 1.82) is 0 Å². The van der Waals surface area contributed by atoms with Crippen LogP contribution in [-0.2, 0) is 27.7 Å². The van der Waals surface area contributed by atoms with Crippen molar-refractivity contribution in [3.8, 4) is 0 Å². The molecule has 158 valence electrons. The van der Waals surface area contributed by atoms with Crippen LogP contribution in [0.2, 0.25) is 0 Å². The number of amides is 1. The number of sulfonamides is 1. The van der Waals surface area contributed by atoms with Crippen LogP contribution in [0.3, 0.4) is 0 Å². The molecule has 0 radical (unpaired) electrons. The SMILES string of the molecule is CC(C)c1nc(CCN(C2CN(C(=O)Cc3ccccc3F)C2)S(C)(=O)=O)no1. The maximum atomic E-state index is 13.7. The average Bonchev–Trinajstić information content (AvgIpc) is 3.06. The highest BCUT2D eigenvalue weighted by molar-refractivity contribution is 7.88. The summed E-state index contributed by atoms with van der Waals surface area (Å²) in [5, 5.41) is 3.89. The van der Waals surface area contributed by atoms with E-state index in [1.165, 1.54) is 10.4 Å². The molecule has 10 heteroatoms. The highest BCUT2D eigenvalue weighted by Crippen LogP contribution is 2.20. The zero-order valence-electron chi connectivity index (χ0n) is 16.7. The zero-order chi connectivity index (χ0) is 21.2. The van der Waals surface area contributed by atoms with Crippen LogP contribution < -0.4 is 0 Å². The fraction of sp³-hybridized carbons (Fsp3) is 0.526. The van der Waals surface area contributed by atoms with E-state index in [1.807, 2.05) is 13.8 Å². The van der Waals surface area contributed by atoms with E-state index >= 15 is 0 Å². The van der Waals surface area contributed by atoms with Crippen LogP contribution >= 0.6 is 0 Å². The number of carbonyl (C=O) groups excluding carboxylic acids is 1. The second-order valence-corrected chi connectivity index (χ2v) is 9.48. The molecule has 0 atom stereocenters. The van der Waals surface area contributed by atoms with Gasteiger partial charge in [0.25, 0.3) is 0 Å². The second kappa shape index (κ2) is 8.58. The van der Waals surface area contributed by atoms with E-state index in [0.29, 0.717) is 23.7 Å². The lowest BCUT2D eigenvalue weighted by molar-refractivity contribution is -0.136. The molecule has 1 aliphatic heterocycles. The first-order valence-corrected chi connectivity index (χ1v) is 11.3. The van der Waals surface area contributed by atoms with Crippen LogP contribution in [0.1, 0.15) is 37.0 Å². The molecule has 8 nitrogen and oxygen atoms in total. The largest absolute Gasteiger partial charge is 0.339 e. The fourth-order valence-corrected chi connectivity index (χ4v) is 4.29. The molecule has 2 aromatic rings. The van der Waals surface area contributed by atoms with Gasteiger partial charge in [-0.1, -0.05) is 37.2 Å². The summed E-state index contributed by atoms with van der Waals surface area (Å²) in [5.74, 6) is 0.424. The number of hydrogen-bond acceptors (Lipinski definition) is 6. The standard InChI is InChI=1S/C19H25FN4O4S/c1-13(2)19-21-17(22-28-19)8-9-24(29(3,26)27)15-11-23(12-15)18(25)10-14-6-4-5-7-16(14)20/h4-7,13,15H,8-12H2,1-3H3. The molecule has 0 bridgehead atoms. The normalized spacial score (nSPS) is 15.2. The van der Waals surface area contributed by atoms with Crippen molar-refractivity contribution >= 4 is 15.9 Å². The van der Waals surface area contributed by atoms with Crippen molar-refractivity contribution in [1.82, 2.24) is 19.3 Å². The minimum atomic E-state index is -3.47. The summed E-state index contributed by atoms with van der Waals surface area (Å²) in [6.07, 6.45) is 1.43. The van der Waals surface area contributed by atoms with E-state index < -0.39 is 15.8 Å². The van der Waals surface area contributed by atoms with Crippen molar-refractivity contribution in [2.24, 2.45) is 0 Å². The summed E-state index contributed by atoms with van der Waals surface area (Å²) in [6.45, 7) is 4.63. The molecule has 0 aliphatic carbocycles. The number of likely N-dealkylation sites (tertiary alicyclic amines) is 1. The Morgan fingerprint density at radius 2 is 2.03 bits per heavy atom. The van der Waals surface area contributed by atoms with Gasteiger partial charge in [0, 0.05) is 32.0 Å². The van der Waals surface area contributed by atoms with Crippen molar-refractivity contribution < 1.29 is 22.1 Å². The predicted molar refractivity (Wildman–Crippen MR) is 104 cm³/mol. The van der Waals surface area contributed by atoms with Gasteiger partial charge in [-0.15, -0.1) is 0 Å². The van der Waals surface area contributed by atoms with E-state index in [2.05, 4.69) is 10.1 Å². The Morgan fingerprint density at radius 3 is 2.62 bits per heavy atom. The summed E-state index contributed by atoms with van der Waals surface area (Å²) in [6, 6.07) is 5.82. The van der Waals surface area contributed by atoms with Gasteiger partial charge in [0.2, 0.25) is 21.8 Å².